The van der Waals surface area contributed by atoms with Crippen LogP contribution < -0.4 is 5.32 Å². The minimum Gasteiger partial charge on any atom is -0.450 e. The number of hydrogen-bond donors (Lipinski definition) is 1. The summed E-state index contributed by atoms with van der Waals surface area (Å²) >= 11 is 0. The average molecular weight is 394 g/mol. The van der Waals surface area contributed by atoms with E-state index in [9.17, 15) is 14.0 Å². The molecule has 0 saturated carbocycles. The highest BCUT2D eigenvalue weighted by Crippen LogP contribution is 2.41. The lowest BCUT2D eigenvalue weighted by atomic mass is 9.82. The molecule has 1 spiro atoms. The van der Waals surface area contributed by atoms with Crippen LogP contribution in [0.5, 0.6) is 0 Å². The van der Waals surface area contributed by atoms with Crippen molar-refractivity contribution in [3.63, 3.8) is 0 Å². The van der Waals surface area contributed by atoms with Crippen molar-refractivity contribution in [2.75, 3.05) is 18.4 Å². The third kappa shape index (κ3) is 3.80. The number of piperidine rings is 1. The first kappa shape index (κ1) is 19.3. The van der Waals surface area contributed by atoms with Gasteiger partial charge in [0.2, 0.25) is 0 Å². The molecule has 2 aromatic carbocycles. The van der Waals surface area contributed by atoms with Gasteiger partial charge < -0.3 is 10.1 Å². The monoisotopic (exact) mass is 394 g/mol. The normalized spacial score (nSPS) is 18.8. The Bertz CT molecular complexity index is 963. The van der Waals surface area contributed by atoms with Crippen LogP contribution in [0.15, 0.2) is 65.7 Å². The smallest absolute Gasteiger partial charge is 0.335 e. The molecule has 1 amide bonds. The number of rotatable bonds is 4. The van der Waals surface area contributed by atoms with Crippen molar-refractivity contribution in [2.45, 2.75) is 31.9 Å². The van der Waals surface area contributed by atoms with Crippen LogP contribution >= 0.6 is 0 Å². The maximum atomic E-state index is 14.0. The molecular formula is C23H23FN2O3. The second-order valence-electron chi connectivity index (χ2n) is 7.58. The largest absolute Gasteiger partial charge is 0.450 e. The van der Waals surface area contributed by atoms with Crippen LogP contribution in [0.4, 0.5) is 10.1 Å². The Balaban J connectivity index is 1.50. The van der Waals surface area contributed by atoms with E-state index in [-0.39, 0.29) is 5.69 Å². The molecule has 2 aliphatic rings. The zero-order valence-electron chi connectivity index (χ0n) is 16.3. The molecule has 0 unspecified atom stereocenters. The molecule has 0 atom stereocenters. The van der Waals surface area contributed by atoms with Crippen LogP contribution in [0.1, 0.15) is 25.3 Å². The van der Waals surface area contributed by atoms with E-state index in [1.807, 2.05) is 18.2 Å². The molecule has 1 saturated heterocycles. The minimum absolute atomic E-state index is 0.0915. The van der Waals surface area contributed by atoms with Crippen molar-refractivity contribution in [1.29, 1.82) is 0 Å². The maximum absolute atomic E-state index is 14.0. The highest BCUT2D eigenvalue weighted by molar-refractivity contribution is 6.12. The summed E-state index contributed by atoms with van der Waals surface area (Å²) in [4.78, 5) is 27.6. The molecular weight excluding hydrogens is 371 g/mol. The van der Waals surface area contributed by atoms with E-state index in [0.29, 0.717) is 37.1 Å². The Morgan fingerprint density at radius 3 is 2.45 bits per heavy atom. The number of carbonyl (C=O) groups is 2. The van der Waals surface area contributed by atoms with Crippen molar-refractivity contribution in [3.05, 3.63) is 77.1 Å². The highest BCUT2D eigenvalue weighted by Gasteiger charge is 2.50. The number of nitrogens with one attached hydrogen (secondary N) is 1. The molecule has 5 nitrogen and oxygen atoms in total. The number of likely N-dealkylation sites (tertiary alicyclic amines) is 1. The number of esters is 1. The molecule has 0 aliphatic carbocycles. The van der Waals surface area contributed by atoms with E-state index < -0.39 is 23.3 Å². The number of ether oxygens (including phenoxy) is 1. The maximum Gasteiger partial charge on any atom is 0.335 e. The number of para-hydroxylation sites is 1. The van der Waals surface area contributed by atoms with E-state index in [1.165, 1.54) is 17.7 Å². The van der Waals surface area contributed by atoms with Crippen LogP contribution in [-0.2, 0) is 20.9 Å². The second kappa shape index (κ2) is 7.79. The minimum atomic E-state index is -0.941. The lowest BCUT2D eigenvalue weighted by Crippen LogP contribution is -2.47. The third-order valence-corrected chi connectivity index (χ3v) is 5.69. The summed E-state index contributed by atoms with van der Waals surface area (Å²) in [5, 5.41) is 2.61. The number of anilines is 1. The van der Waals surface area contributed by atoms with Gasteiger partial charge in [0.15, 0.2) is 0 Å². The topological polar surface area (TPSA) is 58.6 Å². The van der Waals surface area contributed by atoms with Crippen molar-refractivity contribution < 1.29 is 18.7 Å². The summed E-state index contributed by atoms with van der Waals surface area (Å²) in [7, 11) is 0. The van der Waals surface area contributed by atoms with Gasteiger partial charge in [0.25, 0.3) is 5.91 Å². The van der Waals surface area contributed by atoms with E-state index in [4.69, 9.17) is 4.74 Å². The summed E-state index contributed by atoms with van der Waals surface area (Å²) in [5.74, 6) is -1.47. The fraction of sp³-hybridized carbons (Fsp3) is 0.304. The lowest BCUT2D eigenvalue weighted by molar-refractivity contribution is -0.150. The quantitative estimate of drug-likeness (QED) is 0.804. The summed E-state index contributed by atoms with van der Waals surface area (Å²) in [6.07, 6.45) is 1.06. The number of benzene rings is 2. The van der Waals surface area contributed by atoms with E-state index in [2.05, 4.69) is 22.3 Å². The summed E-state index contributed by atoms with van der Waals surface area (Å²) in [6, 6.07) is 16.2. The summed E-state index contributed by atoms with van der Waals surface area (Å²) in [5.41, 5.74) is 0.995. The SMILES string of the molecule is CC1=C(C(=O)Nc2ccccc2F)C2(CCN(Cc3ccccc3)CC2)OC1=O. The van der Waals surface area contributed by atoms with Gasteiger partial charge in [-0.05, 0) is 24.6 Å². The zero-order valence-corrected chi connectivity index (χ0v) is 16.3. The molecule has 2 aromatic rings. The second-order valence-corrected chi connectivity index (χ2v) is 7.58. The van der Waals surface area contributed by atoms with Crippen LogP contribution in [0.3, 0.4) is 0 Å². The van der Waals surface area contributed by atoms with Gasteiger partial charge in [-0.15, -0.1) is 0 Å². The highest BCUT2D eigenvalue weighted by atomic mass is 19.1. The number of nitrogens with zero attached hydrogens (tertiary/aromatic N) is 1. The fourth-order valence-electron chi connectivity index (χ4n) is 4.14. The van der Waals surface area contributed by atoms with E-state index in [0.717, 1.165) is 6.54 Å². The van der Waals surface area contributed by atoms with Crippen LogP contribution in [0.25, 0.3) is 0 Å². The molecule has 2 aliphatic heterocycles. The Morgan fingerprint density at radius 2 is 1.76 bits per heavy atom. The molecule has 1 N–H and O–H groups in total. The van der Waals surface area contributed by atoms with Crippen molar-refractivity contribution in [3.8, 4) is 0 Å². The molecule has 0 radical (unpaired) electrons. The number of halogens is 1. The van der Waals surface area contributed by atoms with Crippen LogP contribution in [0.2, 0.25) is 0 Å². The summed E-state index contributed by atoms with van der Waals surface area (Å²) in [6.45, 7) is 3.81. The molecule has 0 bridgehead atoms. The van der Waals surface area contributed by atoms with Gasteiger partial charge in [0.1, 0.15) is 11.4 Å². The van der Waals surface area contributed by atoms with Gasteiger partial charge in [0, 0.05) is 38.0 Å². The van der Waals surface area contributed by atoms with Crippen LogP contribution in [0, 0.1) is 5.82 Å². The zero-order chi connectivity index (χ0) is 20.4. The van der Waals surface area contributed by atoms with Crippen LogP contribution in [-0.4, -0.2) is 35.5 Å². The predicted molar refractivity (Wildman–Crippen MR) is 108 cm³/mol. The first-order valence-corrected chi connectivity index (χ1v) is 9.75. The predicted octanol–water partition coefficient (Wildman–Crippen LogP) is 3.67. The Hall–Kier alpha value is -2.99. The third-order valence-electron chi connectivity index (χ3n) is 5.69. The van der Waals surface area contributed by atoms with Gasteiger partial charge in [0.05, 0.1) is 11.3 Å². The average Bonchev–Trinajstić information content (AvgIpc) is 2.96. The first-order chi connectivity index (χ1) is 14.0. The Morgan fingerprint density at radius 1 is 1.10 bits per heavy atom. The van der Waals surface area contributed by atoms with Gasteiger partial charge in [-0.3, -0.25) is 9.69 Å². The molecule has 2 heterocycles. The molecule has 0 aromatic heterocycles. The van der Waals surface area contributed by atoms with Crippen molar-refractivity contribution in [2.24, 2.45) is 0 Å². The lowest BCUT2D eigenvalue weighted by Gasteiger charge is -2.39. The number of carbonyl (C=O) groups excluding carboxylic acids is 2. The van der Waals surface area contributed by atoms with Crippen molar-refractivity contribution >= 4 is 17.6 Å². The van der Waals surface area contributed by atoms with Gasteiger partial charge in [-0.1, -0.05) is 42.5 Å². The molecule has 4 rings (SSSR count). The molecule has 6 heteroatoms. The summed E-state index contributed by atoms with van der Waals surface area (Å²) < 4.78 is 19.7. The van der Waals surface area contributed by atoms with Gasteiger partial charge in [-0.2, -0.15) is 0 Å². The number of hydrogen-bond acceptors (Lipinski definition) is 4. The van der Waals surface area contributed by atoms with Gasteiger partial charge >= 0.3 is 5.97 Å². The molecule has 1 fully saturated rings. The van der Waals surface area contributed by atoms with Gasteiger partial charge in [-0.25, -0.2) is 9.18 Å². The first-order valence-electron chi connectivity index (χ1n) is 9.75. The molecule has 150 valence electrons. The van der Waals surface area contributed by atoms with E-state index >= 15 is 0 Å². The number of amides is 1. The fourth-order valence-corrected chi connectivity index (χ4v) is 4.14. The van der Waals surface area contributed by atoms with Crippen molar-refractivity contribution in [1.82, 2.24) is 4.90 Å². The standard InChI is InChI=1S/C23H23FN2O3/c1-16-20(21(27)25-19-10-6-5-9-18(19)24)23(29-22(16)28)11-13-26(14-12-23)15-17-7-3-2-4-8-17/h2-10H,11-15H2,1H3,(H,25,27). The Kier molecular flexibility index (Phi) is 5.20. The van der Waals surface area contributed by atoms with E-state index in [1.54, 1.807) is 19.1 Å². The Labute approximate surface area is 169 Å². The molecule has 29 heavy (non-hydrogen) atoms.